The minimum Gasteiger partial charge on any atom is -0.481 e. The Bertz CT molecular complexity index is 1750. The van der Waals surface area contributed by atoms with Crippen molar-refractivity contribution in [2.75, 3.05) is 64.3 Å². The normalized spacial score (nSPS) is 18.6. The van der Waals surface area contributed by atoms with Crippen molar-refractivity contribution in [2.24, 2.45) is 0 Å². The van der Waals surface area contributed by atoms with E-state index < -0.39 is 10.0 Å². The number of carbonyl (C=O) groups excluding carboxylic acids is 1. The quantitative estimate of drug-likeness (QED) is 0.296. The number of hydrogen-bond donors (Lipinski definition) is 1. The first-order valence-electron chi connectivity index (χ1n) is 14.0. The van der Waals surface area contributed by atoms with E-state index in [1.165, 1.54) is 15.6 Å². The number of pyridine rings is 1. The molecule has 226 valence electrons. The molecule has 11 nitrogen and oxygen atoms in total. The molecule has 1 fully saturated rings. The van der Waals surface area contributed by atoms with E-state index in [1.807, 2.05) is 37.4 Å². The van der Waals surface area contributed by atoms with E-state index in [-0.39, 0.29) is 36.0 Å². The molecule has 0 bridgehead atoms. The summed E-state index contributed by atoms with van der Waals surface area (Å²) in [6.45, 7) is 2.73. The maximum absolute atomic E-state index is 14.0. The van der Waals surface area contributed by atoms with Gasteiger partial charge in [0.1, 0.15) is 10.3 Å². The van der Waals surface area contributed by atoms with Gasteiger partial charge in [0.15, 0.2) is 5.13 Å². The van der Waals surface area contributed by atoms with Crippen LogP contribution in [0.15, 0.2) is 65.6 Å². The number of urea groups is 1. The van der Waals surface area contributed by atoms with Crippen LogP contribution < -0.4 is 15.0 Å². The van der Waals surface area contributed by atoms with Crippen molar-refractivity contribution in [1.82, 2.24) is 19.2 Å². The highest BCUT2D eigenvalue weighted by molar-refractivity contribution is 7.89. The van der Waals surface area contributed by atoms with E-state index in [0.717, 1.165) is 30.6 Å². The van der Waals surface area contributed by atoms with Crippen molar-refractivity contribution in [2.45, 2.75) is 23.3 Å². The summed E-state index contributed by atoms with van der Waals surface area (Å²) in [5.41, 5.74) is 2.75. The molecule has 2 amide bonds. The number of nitrogens with one attached hydrogen (secondary N) is 1. The van der Waals surface area contributed by atoms with Crippen molar-refractivity contribution in [3.63, 3.8) is 0 Å². The highest BCUT2D eigenvalue weighted by Crippen LogP contribution is 2.47. The number of likely N-dealkylation sites (N-methyl/N-ethyl adjacent to an activating group) is 1. The Morgan fingerprint density at radius 2 is 1.91 bits per heavy atom. The van der Waals surface area contributed by atoms with Crippen LogP contribution in [0, 0.1) is 0 Å². The highest BCUT2D eigenvalue weighted by Gasteiger charge is 2.48. The van der Waals surface area contributed by atoms with Gasteiger partial charge in [-0.1, -0.05) is 41.7 Å². The number of rotatable bonds is 9. The van der Waals surface area contributed by atoms with Crippen molar-refractivity contribution >= 4 is 48.6 Å². The number of aromatic nitrogens is 2. The number of sulfonamides is 1. The molecule has 4 heterocycles. The fraction of sp³-hybridized carbons (Fsp3) is 0.367. The average molecular weight is 623 g/mol. The second kappa shape index (κ2) is 11.8. The zero-order chi connectivity index (χ0) is 30.2. The van der Waals surface area contributed by atoms with Crippen LogP contribution in [-0.2, 0) is 26.7 Å². The first kappa shape index (κ1) is 29.5. The number of anilines is 2. The molecule has 1 saturated heterocycles. The van der Waals surface area contributed by atoms with E-state index in [1.54, 1.807) is 49.5 Å². The molecule has 2 aliphatic rings. The lowest BCUT2D eigenvalue weighted by atomic mass is 9.81. The molecule has 1 spiro atoms. The van der Waals surface area contributed by atoms with Crippen LogP contribution in [0.2, 0.25) is 0 Å². The zero-order valence-electron chi connectivity index (χ0n) is 24.3. The zero-order valence-corrected chi connectivity index (χ0v) is 26.0. The third-order valence-electron chi connectivity index (χ3n) is 8.12. The maximum Gasteiger partial charge on any atom is 0.328 e. The highest BCUT2D eigenvalue weighted by atomic mass is 32.2. The van der Waals surface area contributed by atoms with Gasteiger partial charge in [-0.25, -0.2) is 23.2 Å². The lowest BCUT2D eigenvalue weighted by Gasteiger charge is -2.26. The smallest absolute Gasteiger partial charge is 0.328 e. The Morgan fingerprint density at radius 1 is 1.09 bits per heavy atom. The minimum absolute atomic E-state index is 0.209. The van der Waals surface area contributed by atoms with Crippen LogP contribution in [-0.4, -0.2) is 87.7 Å². The van der Waals surface area contributed by atoms with Gasteiger partial charge in [-0.3, -0.25) is 10.2 Å². The van der Waals surface area contributed by atoms with E-state index >= 15 is 0 Å². The number of ether oxygens (including phenoxy) is 2. The Kier molecular flexibility index (Phi) is 8.09. The molecule has 43 heavy (non-hydrogen) atoms. The van der Waals surface area contributed by atoms with Crippen molar-refractivity contribution in [3.8, 4) is 5.88 Å². The summed E-state index contributed by atoms with van der Waals surface area (Å²) in [6.07, 6.45) is 0.812. The number of methoxy groups -OCH3 is 2. The Balaban J connectivity index is 1.32. The molecular formula is C30H34N6O5S2. The van der Waals surface area contributed by atoms with Gasteiger partial charge < -0.3 is 14.4 Å². The standard InChI is InChI=1S/C30H34N6O5S2/c1-34-14-13-30(19-34)20-36(29(37)33-28-31-24-10-12-26(41-3)32-27(24)42-28)25-11-9-22(17-23(25)30)43(38,39)35(15-16-40-2)18-21-7-5-4-6-8-21/h4-12,17H,13-16,18-20H2,1-3H3,(H,31,33,37)/t30-/m0/s1. The molecule has 1 N–H and O–H groups in total. The van der Waals surface area contributed by atoms with Crippen LogP contribution in [0.3, 0.4) is 0 Å². The van der Waals surface area contributed by atoms with Gasteiger partial charge in [0.2, 0.25) is 15.9 Å². The van der Waals surface area contributed by atoms with Gasteiger partial charge >= 0.3 is 6.03 Å². The summed E-state index contributed by atoms with van der Waals surface area (Å²) in [6, 6.07) is 17.9. The van der Waals surface area contributed by atoms with Crippen molar-refractivity contribution in [3.05, 3.63) is 71.8 Å². The Labute approximate surface area is 255 Å². The largest absolute Gasteiger partial charge is 0.481 e. The molecule has 0 aliphatic carbocycles. The summed E-state index contributed by atoms with van der Waals surface area (Å²) in [5, 5.41) is 3.37. The summed E-state index contributed by atoms with van der Waals surface area (Å²) in [5.74, 6) is 0.477. The number of nitrogens with zero attached hydrogens (tertiary/aromatic N) is 5. The predicted octanol–water partition coefficient (Wildman–Crippen LogP) is 4.16. The summed E-state index contributed by atoms with van der Waals surface area (Å²) in [4.78, 5) is 27.4. The molecule has 13 heteroatoms. The molecule has 0 radical (unpaired) electrons. The fourth-order valence-corrected chi connectivity index (χ4v) is 8.22. The van der Waals surface area contributed by atoms with E-state index in [9.17, 15) is 13.2 Å². The van der Waals surface area contributed by atoms with E-state index in [2.05, 4.69) is 20.2 Å². The van der Waals surface area contributed by atoms with Crippen LogP contribution >= 0.6 is 11.3 Å². The first-order chi connectivity index (χ1) is 20.7. The number of amides is 2. The van der Waals surface area contributed by atoms with Gasteiger partial charge in [0.25, 0.3) is 0 Å². The van der Waals surface area contributed by atoms with Gasteiger partial charge in [-0.15, -0.1) is 0 Å². The summed E-state index contributed by atoms with van der Waals surface area (Å²) >= 11 is 1.27. The monoisotopic (exact) mass is 622 g/mol. The number of benzene rings is 2. The van der Waals surface area contributed by atoms with E-state index in [4.69, 9.17) is 9.47 Å². The molecule has 6 rings (SSSR count). The summed E-state index contributed by atoms with van der Waals surface area (Å²) in [7, 11) is 1.30. The summed E-state index contributed by atoms with van der Waals surface area (Å²) < 4.78 is 40.0. The third kappa shape index (κ3) is 5.70. The van der Waals surface area contributed by atoms with Crippen LogP contribution in [0.25, 0.3) is 10.3 Å². The predicted molar refractivity (Wildman–Crippen MR) is 166 cm³/mol. The molecule has 2 aromatic heterocycles. The number of thiazole rings is 1. The Hall–Kier alpha value is -3.62. The number of likely N-dealkylation sites (tertiary alicyclic amines) is 1. The first-order valence-corrected chi connectivity index (χ1v) is 16.2. The molecule has 4 aromatic rings. The van der Waals surface area contributed by atoms with Crippen molar-refractivity contribution < 1.29 is 22.7 Å². The molecule has 2 aromatic carbocycles. The van der Waals surface area contributed by atoms with E-state index in [0.29, 0.717) is 33.6 Å². The SMILES string of the molecule is COCCN(Cc1ccccc1)S(=O)(=O)c1ccc2c(c1)[C@]1(CCN(C)C1)CN2C(=O)Nc1nc2ccc(OC)nc2s1. The van der Waals surface area contributed by atoms with Gasteiger partial charge in [-0.2, -0.15) is 4.31 Å². The minimum atomic E-state index is -3.86. The van der Waals surface area contributed by atoms with Gasteiger partial charge in [0.05, 0.1) is 18.6 Å². The number of fused-ring (bicyclic) bond motifs is 3. The van der Waals surface area contributed by atoms with Crippen LogP contribution in [0.1, 0.15) is 17.5 Å². The van der Waals surface area contributed by atoms with Crippen LogP contribution in [0.4, 0.5) is 15.6 Å². The fourth-order valence-electron chi connectivity index (χ4n) is 5.96. The van der Waals surface area contributed by atoms with Gasteiger partial charge in [0, 0.05) is 50.5 Å². The lowest BCUT2D eigenvalue weighted by molar-refractivity contribution is 0.177. The Morgan fingerprint density at radius 3 is 2.63 bits per heavy atom. The second-order valence-corrected chi connectivity index (χ2v) is 13.9. The molecule has 0 saturated carbocycles. The topological polar surface area (TPSA) is 117 Å². The molecule has 2 aliphatic heterocycles. The molecular weight excluding hydrogens is 589 g/mol. The maximum atomic E-state index is 14.0. The molecule has 0 unspecified atom stereocenters. The van der Waals surface area contributed by atoms with Crippen LogP contribution in [0.5, 0.6) is 5.88 Å². The second-order valence-electron chi connectivity index (χ2n) is 11.0. The third-order valence-corrected chi connectivity index (χ3v) is 10.8. The molecule has 1 atom stereocenters. The average Bonchev–Trinajstić information content (AvgIpc) is 3.69. The number of hydrogen-bond acceptors (Lipinski definition) is 9. The number of carbonyl (C=O) groups is 1. The van der Waals surface area contributed by atoms with Gasteiger partial charge in [-0.05, 0) is 55.4 Å². The lowest BCUT2D eigenvalue weighted by Crippen LogP contribution is -2.40. The van der Waals surface area contributed by atoms with Crippen molar-refractivity contribution in [1.29, 1.82) is 0 Å².